The SMILES string of the molecule is C.C.C.CC(C)(C)NS(=O)(=O)c1ccccc1-c1ccc(N)c(N)c1.CC(Cl)C(=O)O.CC(Cl)c1nc2ccc(-c3ccccc3S(=O)(=O)NC(C)(C)C)cc2[nH]1. The average Bonchev–Trinajstić information content (AvgIpc) is 3.49. The van der Waals surface area contributed by atoms with E-state index < -0.39 is 42.5 Å². The highest BCUT2D eigenvalue weighted by Crippen LogP contribution is 2.32. The number of carboxylic acid groups (broad SMARTS) is 1. The molecule has 0 spiro atoms. The number of carbonyl (C=O) groups is 1. The van der Waals surface area contributed by atoms with E-state index >= 15 is 0 Å². The average molecular weight is 868 g/mol. The number of alkyl halides is 2. The molecule has 0 aliphatic rings. The van der Waals surface area contributed by atoms with Crippen molar-refractivity contribution < 1.29 is 26.7 Å². The number of hydrogen-bond acceptors (Lipinski definition) is 8. The van der Waals surface area contributed by atoms with Gasteiger partial charge in [-0.15, -0.1) is 23.2 Å². The third-order valence-corrected chi connectivity index (χ3v) is 11.2. The fourth-order valence-corrected chi connectivity index (χ4v) is 8.32. The number of H-pyrrole nitrogens is 1. The number of anilines is 2. The molecule has 0 aliphatic carbocycles. The number of nitrogen functional groups attached to an aromatic ring is 2. The summed E-state index contributed by atoms with van der Waals surface area (Å²) in [6.07, 6.45) is 0. The molecule has 8 N–H and O–H groups in total. The minimum Gasteiger partial charge on any atom is -0.480 e. The Kier molecular flexibility index (Phi) is 19.5. The minimum absolute atomic E-state index is 0. The molecule has 2 atom stereocenters. The van der Waals surface area contributed by atoms with Crippen LogP contribution >= 0.6 is 23.2 Å². The van der Waals surface area contributed by atoms with Crippen molar-refractivity contribution in [1.29, 1.82) is 0 Å². The molecule has 57 heavy (non-hydrogen) atoms. The first-order valence-corrected chi connectivity index (χ1v) is 20.6. The number of aromatic amines is 1. The van der Waals surface area contributed by atoms with Gasteiger partial charge in [-0.25, -0.2) is 31.3 Å². The summed E-state index contributed by atoms with van der Waals surface area (Å²) >= 11 is 11.1. The third kappa shape index (κ3) is 15.3. The number of fused-ring (bicyclic) bond motifs is 1. The molecule has 5 rings (SSSR count). The lowest BCUT2D eigenvalue weighted by molar-refractivity contribution is -0.136. The Morgan fingerprint density at radius 2 is 1.11 bits per heavy atom. The molecule has 12 nitrogen and oxygen atoms in total. The van der Waals surface area contributed by atoms with E-state index in [4.69, 9.17) is 39.8 Å². The molecule has 2 unspecified atom stereocenters. The second-order valence-corrected chi connectivity index (χ2v) is 19.1. The van der Waals surface area contributed by atoms with Gasteiger partial charge in [0.05, 0.1) is 37.6 Å². The molecule has 0 saturated carbocycles. The van der Waals surface area contributed by atoms with Gasteiger partial charge in [0.25, 0.3) is 0 Å². The molecule has 0 bridgehead atoms. The highest BCUT2D eigenvalue weighted by molar-refractivity contribution is 7.90. The molecular weight excluding hydrogens is 808 g/mol. The summed E-state index contributed by atoms with van der Waals surface area (Å²) in [7, 11) is -7.30. The maximum absolute atomic E-state index is 12.9. The maximum atomic E-state index is 12.9. The van der Waals surface area contributed by atoms with Crippen LogP contribution in [-0.4, -0.2) is 54.3 Å². The number of nitrogens with one attached hydrogen (secondary N) is 3. The summed E-state index contributed by atoms with van der Waals surface area (Å²) in [5.41, 5.74) is 15.7. The molecule has 0 aliphatic heterocycles. The first-order chi connectivity index (χ1) is 24.8. The molecule has 0 radical (unpaired) electrons. The van der Waals surface area contributed by atoms with Gasteiger partial charge in [-0.3, -0.25) is 4.79 Å². The molecule has 1 aromatic heterocycles. The number of sulfonamides is 2. The van der Waals surface area contributed by atoms with Crippen LogP contribution < -0.4 is 20.9 Å². The van der Waals surface area contributed by atoms with Crippen molar-refractivity contribution in [3.8, 4) is 22.3 Å². The molecule has 316 valence electrons. The van der Waals surface area contributed by atoms with Gasteiger partial charge in [-0.2, -0.15) is 0 Å². The lowest BCUT2D eigenvalue weighted by Crippen LogP contribution is -2.40. The van der Waals surface area contributed by atoms with Gasteiger partial charge in [-0.1, -0.05) is 70.8 Å². The second-order valence-electron chi connectivity index (χ2n) is 14.5. The van der Waals surface area contributed by atoms with Gasteiger partial charge in [0.15, 0.2) is 0 Å². The Morgan fingerprint density at radius 3 is 1.49 bits per heavy atom. The summed E-state index contributed by atoms with van der Waals surface area (Å²) in [5.74, 6) is -0.286. The smallest absolute Gasteiger partial charge is 0.321 e. The monoisotopic (exact) mass is 866 g/mol. The normalized spacial score (nSPS) is 12.5. The van der Waals surface area contributed by atoms with Crippen molar-refractivity contribution >= 4 is 71.6 Å². The van der Waals surface area contributed by atoms with E-state index in [9.17, 15) is 21.6 Å². The lowest BCUT2D eigenvalue weighted by atomic mass is 10.0. The fraction of sp³-hybridized carbons (Fsp3) is 0.366. The summed E-state index contributed by atoms with van der Waals surface area (Å²) in [6.45, 7) is 14.1. The van der Waals surface area contributed by atoms with Crippen LogP contribution in [0.25, 0.3) is 33.3 Å². The zero-order valence-corrected chi connectivity index (χ0v) is 34.5. The summed E-state index contributed by atoms with van der Waals surface area (Å²) in [6, 6.07) is 24.5. The van der Waals surface area contributed by atoms with E-state index in [1.54, 1.807) is 81.4 Å². The Labute approximate surface area is 349 Å². The zero-order chi connectivity index (χ0) is 40.8. The van der Waals surface area contributed by atoms with E-state index in [0.29, 0.717) is 33.9 Å². The minimum atomic E-state index is -3.66. The van der Waals surface area contributed by atoms with Gasteiger partial charge < -0.3 is 21.6 Å². The van der Waals surface area contributed by atoms with Gasteiger partial charge in [0, 0.05) is 22.2 Å². The maximum Gasteiger partial charge on any atom is 0.321 e. The highest BCUT2D eigenvalue weighted by atomic mass is 35.5. The van der Waals surface area contributed by atoms with Crippen LogP contribution in [0.3, 0.4) is 0 Å². The number of aliphatic carboxylic acids is 1. The van der Waals surface area contributed by atoms with Gasteiger partial charge >= 0.3 is 5.97 Å². The van der Waals surface area contributed by atoms with Gasteiger partial charge in [-0.05, 0) is 103 Å². The third-order valence-electron chi connectivity index (χ3n) is 7.16. The van der Waals surface area contributed by atoms with Crippen LogP contribution in [-0.2, 0) is 24.8 Å². The summed E-state index contributed by atoms with van der Waals surface area (Å²) in [5, 5.41) is 6.87. The molecule has 16 heteroatoms. The van der Waals surface area contributed by atoms with Crippen molar-refractivity contribution in [3.63, 3.8) is 0 Å². The Morgan fingerprint density at radius 1 is 0.702 bits per heavy atom. The number of halogens is 2. The molecule has 4 aromatic carbocycles. The Hall–Kier alpha value is -4.18. The van der Waals surface area contributed by atoms with Gasteiger partial charge in [0.1, 0.15) is 11.2 Å². The van der Waals surface area contributed by atoms with Crippen molar-refractivity contribution in [2.45, 2.75) is 109 Å². The number of benzene rings is 4. The standard InChI is InChI=1S/C19H22ClN3O2S.C16H21N3O2S.C3H5ClO2.3CH4/c1-12(20)18-21-15-10-9-13(11-16(15)22-18)14-7-5-6-8-17(14)26(24,25)23-19(2,3)4;1-16(2,3)19-22(20,21)15-7-5-4-6-12(15)11-8-9-13(17)14(18)10-11;1-2(4)3(5)6;;;/h5-12,23H,1-4H3,(H,21,22);4-10,19H,17-18H2,1-3H3;2H,1H3,(H,5,6);3*1H4. The number of carboxylic acids is 1. The van der Waals surface area contributed by atoms with E-state index in [1.807, 2.05) is 52.0 Å². The number of imidazole rings is 1. The van der Waals surface area contributed by atoms with Crippen molar-refractivity contribution in [2.24, 2.45) is 0 Å². The number of rotatable bonds is 8. The van der Waals surface area contributed by atoms with Crippen LogP contribution in [0.1, 0.15) is 88.9 Å². The predicted molar refractivity (Wildman–Crippen MR) is 240 cm³/mol. The summed E-state index contributed by atoms with van der Waals surface area (Å²) < 4.78 is 56.3. The van der Waals surface area contributed by atoms with Crippen molar-refractivity contribution in [3.05, 3.63) is 90.8 Å². The largest absolute Gasteiger partial charge is 0.480 e. The first kappa shape index (κ1) is 52.8. The molecule has 0 fully saturated rings. The van der Waals surface area contributed by atoms with Crippen LogP contribution in [0, 0.1) is 0 Å². The first-order valence-electron chi connectivity index (χ1n) is 16.7. The molecular formula is C41H60Cl2N6O6S2. The zero-order valence-electron chi connectivity index (χ0n) is 31.4. The molecule has 5 aromatic rings. The van der Waals surface area contributed by atoms with Crippen LogP contribution in [0.15, 0.2) is 94.7 Å². The van der Waals surface area contributed by atoms with Crippen LogP contribution in [0.4, 0.5) is 11.4 Å². The van der Waals surface area contributed by atoms with Crippen molar-refractivity contribution in [2.75, 3.05) is 11.5 Å². The van der Waals surface area contributed by atoms with Gasteiger partial charge in [0.2, 0.25) is 20.0 Å². The van der Waals surface area contributed by atoms with Crippen LogP contribution in [0.2, 0.25) is 0 Å². The number of nitrogens with two attached hydrogens (primary N) is 2. The highest BCUT2D eigenvalue weighted by Gasteiger charge is 2.26. The number of hydrogen-bond donors (Lipinski definition) is 6. The molecule has 0 amide bonds. The quantitative estimate of drug-likeness (QED) is 0.0647. The molecule has 1 heterocycles. The topological polar surface area (TPSA) is 210 Å². The summed E-state index contributed by atoms with van der Waals surface area (Å²) in [4.78, 5) is 17.7. The lowest BCUT2D eigenvalue weighted by Gasteiger charge is -2.21. The second kappa shape index (κ2) is 21.0. The Balaban J connectivity index is 0.000000929. The predicted octanol–water partition coefficient (Wildman–Crippen LogP) is 9.81. The number of aromatic nitrogens is 2. The van der Waals surface area contributed by atoms with E-state index in [1.165, 1.54) is 6.92 Å². The van der Waals surface area contributed by atoms with Crippen molar-refractivity contribution in [1.82, 2.24) is 19.4 Å². The van der Waals surface area contributed by atoms with Crippen LogP contribution in [0.5, 0.6) is 0 Å². The molecule has 0 saturated heterocycles. The Bertz CT molecular complexity index is 2320. The number of nitrogens with zero attached hydrogens (tertiary/aromatic N) is 1. The van der Waals surface area contributed by atoms with E-state index in [2.05, 4.69) is 19.4 Å². The van der Waals surface area contributed by atoms with E-state index in [0.717, 1.165) is 16.6 Å². The fourth-order valence-electron chi connectivity index (χ4n) is 4.92. The van der Waals surface area contributed by atoms with E-state index in [-0.39, 0.29) is 37.4 Å².